The molecule has 3 heterocycles. The van der Waals surface area contributed by atoms with Gasteiger partial charge in [-0.05, 0) is 60.4 Å². The van der Waals surface area contributed by atoms with Gasteiger partial charge < -0.3 is 34.7 Å². The second-order valence-electron chi connectivity index (χ2n) is 11.3. The molecular weight excluding hydrogens is 579 g/mol. The summed E-state index contributed by atoms with van der Waals surface area (Å²) in [5.74, 6) is -0.493. The van der Waals surface area contributed by atoms with E-state index in [0.717, 1.165) is 17.3 Å². The fourth-order valence-electron chi connectivity index (χ4n) is 5.94. The normalized spacial score (nSPS) is 18.7. The number of hydrogen-bond donors (Lipinski definition) is 3. The highest BCUT2D eigenvalue weighted by molar-refractivity contribution is 5.95. The maximum atomic E-state index is 14.6. The fourth-order valence-corrected chi connectivity index (χ4v) is 5.94. The molecule has 11 heteroatoms. The maximum absolute atomic E-state index is 14.6. The molecule has 4 bridgehead atoms. The minimum Gasteiger partial charge on any atom is -0.493 e. The molecule has 0 saturated carbocycles. The van der Waals surface area contributed by atoms with Crippen molar-refractivity contribution in [2.45, 2.75) is 44.4 Å². The molecule has 10 nitrogen and oxygen atoms in total. The Morgan fingerprint density at radius 1 is 1.11 bits per heavy atom. The summed E-state index contributed by atoms with van der Waals surface area (Å²) >= 11 is 0. The Morgan fingerprint density at radius 2 is 1.98 bits per heavy atom. The Balaban J connectivity index is 1.18. The van der Waals surface area contributed by atoms with Crippen molar-refractivity contribution in [1.29, 1.82) is 0 Å². The van der Waals surface area contributed by atoms with E-state index in [1.807, 2.05) is 24.4 Å². The number of benzene rings is 3. The molecule has 3 amide bonds. The number of aromatic nitrogens is 1. The first-order chi connectivity index (χ1) is 21.9. The van der Waals surface area contributed by atoms with Crippen molar-refractivity contribution in [3.8, 4) is 17.2 Å². The van der Waals surface area contributed by atoms with Crippen molar-refractivity contribution in [3.63, 3.8) is 0 Å². The summed E-state index contributed by atoms with van der Waals surface area (Å²) in [6.07, 6.45) is 3.71. The van der Waals surface area contributed by atoms with E-state index in [9.17, 15) is 18.8 Å². The third-order valence-electron chi connectivity index (χ3n) is 8.22. The van der Waals surface area contributed by atoms with Gasteiger partial charge in [0.25, 0.3) is 11.8 Å². The lowest BCUT2D eigenvalue weighted by Crippen LogP contribution is -2.58. The smallest absolute Gasteiger partial charge is 0.258 e. The first-order valence-electron chi connectivity index (χ1n) is 15.0. The fraction of sp³-hybridized carbons (Fsp3) is 0.324. The van der Waals surface area contributed by atoms with E-state index in [2.05, 4.69) is 21.7 Å². The van der Waals surface area contributed by atoms with Crippen molar-refractivity contribution in [1.82, 2.24) is 20.5 Å². The molecule has 3 aromatic carbocycles. The Labute approximate surface area is 259 Å². The van der Waals surface area contributed by atoms with E-state index in [0.29, 0.717) is 37.1 Å². The number of carbonyl (C=O) groups is 3. The number of likely N-dealkylation sites (tertiary alicyclic amines) is 1. The van der Waals surface area contributed by atoms with Gasteiger partial charge in [-0.2, -0.15) is 0 Å². The standard InChI is InChI=1S/C34H35FN4O6/c1-43-30-10-9-22-15-31(30)44-20-32(40)38-28-19-39(33(41)8-4-5-23-18-36-27-7-3-2-6-26(23)27)12-11-29(28)45-25-14-21(13-24(35)16-25)17-37-34(22)42/h2-3,6-7,9-10,13-16,18,28-29,36H,4-5,8,11-12,17,19-20H2,1H3,(H,37,42)(H,38,40)/t28-,29+/m1/s1. The maximum Gasteiger partial charge on any atom is 0.258 e. The van der Waals surface area contributed by atoms with Crippen LogP contribution in [-0.2, 0) is 22.6 Å². The van der Waals surface area contributed by atoms with Crippen molar-refractivity contribution >= 4 is 28.6 Å². The van der Waals surface area contributed by atoms with Gasteiger partial charge >= 0.3 is 0 Å². The van der Waals surface area contributed by atoms with Crippen LogP contribution in [0.3, 0.4) is 0 Å². The molecule has 45 heavy (non-hydrogen) atoms. The molecule has 1 fully saturated rings. The van der Waals surface area contributed by atoms with Crippen LogP contribution in [0.4, 0.5) is 4.39 Å². The number of halogens is 1. The van der Waals surface area contributed by atoms with Gasteiger partial charge in [0.15, 0.2) is 18.1 Å². The number of nitrogens with zero attached hydrogens (tertiary/aromatic N) is 1. The monoisotopic (exact) mass is 614 g/mol. The van der Waals surface area contributed by atoms with Gasteiger partial charge in [-0.15, -0.1) is 0 Å². The number of aromatic amines is 1. The Hall–Kier alpha value is -5.06. The van der Waals surface area contributed by atoms with E-state index in [1.165, 1.54) is 30.9 Å². The van der Waals surface area contributed by atoms with Crippen molar-refractivity contribution in [2.24, 2.45) is 0 Å². The van der Waals surface area contributed by atoms with Crippen LogP contribution in [0.2, 0.25) is 0 Å². The summed E-state index contributed by atoms with van der Waals surface area (Å²) in [5, 5.41) is 6.90. The van der Waals surface area contributed by atoms with E-state index < -0.39 is 29.8 Å². The van der Waals surface area contributed by atoms with Crippen molar-refractivity contribution < 1.29 is 33.0 Å². The van der Waals surface area contributed by atoms with E-state index in [4.69, 9.17) is 14.2 Å². The summed E-state index contributed by atoms with van der Waals surface area (Å²) in [5.41, 5.74) is 3.05. The van der Waals surface area contributed by atoms with E-state index in [1.54, 1.807) is 23.1 Å². The molecule has 2 aliphatic heterocycles. The molecule has 0 spiro atoms. The average molecular weight is 615 g/mol. The number of H-pyrrole nitrogens is 1. The largest absolute Gasteiger partial charge is 0.493 e. The number of rotatable bonds is 5. The molecule has 0 aliphatic carbocycles. The number of nitrogens with one attached hydrogen (secondary N) is 3. The first kappa shape index (κ1) is 30.0. The molecule has 1 saturated heterocycles. The minimum absolute atomic E-state index is 0.00346. The predicted molar refractivity (Wildman–Crippen MR) is 165 cm³/mol. The molecule has 6 rings (SSSR count). The molecule has 2 aliphatic rings. The molecule has 234 valence electrons. The molecular formula is C34H35FN4O6. The van der Waals surface area contributed by atoms with Crippen LogP contribution < -0.4 is 24.8 Å². The summed E-state index contributed by atoms with van der Waals surface area (Å²) in [4.78, 5) is 44.3. The number of fused-ring (bicyclic) bond motifs is 6. The zero-order valence-electron chi connectivity index (χ0n) is 24.9. The quantitative estimate of drug-likeness (QED) is 0.311. The Morgan fingerprint density at radius 3 is 2.84 bits per heavy atom. The van der Waals surface area contributed by atoms with Crippen LogP contribution in [0, 0.1) is 5.82 Å². The zero-order valence-corrected chi connectivity index (χ0v) is 24.9. The second-order valence-corrected chi connectivity index (χ2v) is 11.3. The van der Waals surface area contributed by atoms with E-state index in [-0.39, 0.29) is 42.7 Å². The summed E-state index contributed by atoms with van der Waals surface area (Å²) in [6, 6.07) is 16.4. The second kappa shape index (κ2) is 13.3. The van der Waals surface area contributed by atoms with Crippen molar-refractivity contribution in [3.05, 3.63) is 89.4 Å². The lowest BCUT2D eigenvalue weighted by atomic mass is 10.00. The number of para-hydroxylation sites is 1. The van der Waals surface area contributed by atoms with Gasteiger partial charge in [0.2, 0.25) is 5.91 Å². The highest BCUT2D eigenvalue weighted by Gasteiger charge is 2.34. The molecule has 1 aromatic heterocycles. The highest BCUT2D eigenvalue weighted by Crippen LogP contribution is 2.29. The van der Waals surface area contributed by atoms with E-state index >= 15 is 0 Å². The lowest BCUT2D eigenvalue weighted by Gasteiger charge is -2.39. The SMILES string of the molecule is COc1ccc2cc1OCC(=O)N[C@@H]1CN(C(=O)CCCc3c[nH]c4ccccc34)CC[C@@H]1Oc1cc(F)cc(c1)CNC2=O. The molecule has 0 unspecified atom stereocenters. The van der Waals surface area contributed by atoms with Crippen LogP contribution >= 0.6 is 0 Å². The van der Waals surface area contributed by atoms with Gasteiger partial charge in [0.05, 0.1) is 13.2 Å². The predicted octanol–water partition coefficient (Wildman–Crippen LogP) is 4.13. The van der Waals surface area contributed by atoms with Crippen LogP contribution in [0.25, 0.3) is 10.9 Å². The number of piperidine rings is 1. The highest BCUT2D eigenvalue weighted by atomic mass is 19.1. The number of methoxy groups -OCH3 is 1. The number of hydrogen-bond acceptors (Lipinski definition) is 6. The van der Waals surface area contributed by atoms with Gasteiger partial charge in [-0.3, -0.25) is 14.4 Å². The van der Waals surface area contributed by atoms with Crippen LogP contribution in [0.1, 0.15) is 40.7 Å². The van der Waals surface area contributed by atoms with Crippen LogP contribution in [-0.4, -0.2) is 66.6 Å². The minimum atomic E-state index is -0.569. The molecule has 0 radical (unpaired) electrons. The third kappa shape index (κ3) is 7.03. The topological polar surface area (TPSA) is 122 Å². The molecule has 2 atom stereocenters. The van der Waals surface area contributed by atoms with Gasteiger partial charge in [-0.1, -0.05) is 18.2 Å². The van der Waals surface area contributed by atoms with Crippen molar-refractivity contribution in [2.75, 3.05) is 26.8 Å². The summed E-state index contributed by atoms with van der Waals surface area (Å²) in [6.45, 7) is 0.384. The number of aryl methyl sites for hydroxylation is 1. The van der Waals surface area contributed by atoms with Gasteiger partial charge in [0, 0.05) is 61.2 Å². The first-order valence-corrected chi connectivity index (χ1v) is 15.0. The Bertz CT molecular complexity index is 1720. The van der Waals surface area contributed by atoms with Gasteiger partial charge in [-0.25, -0.2) is 4.39 Å². The number of ether oxygens (including phenoxy) is 3. The molecule has 4 aromatic rings. The Kier molecular flexibility index (Phi) is 8.86. The van der Waals surface area contributed by atoms with Gasteiger partial charge in [0.1, 0.15) is 17.7 Å². The average Bonchev–Trinajstić information content (AvgIpc) is 3.45. The third-order valence-corrected chi connectivity index (χ3v) is 8.22. The summed E-state index contributed by atoms with van der Waals surface area (Å²) in [7, 11) is 1.46. The van der Waals surface area contributed by atoms with Crippen LogP contribution in [0.5, 0.6) is 17.2 Å². The summed E-state index contributed by atoms with van der Waals surface area (Å²) < 4.78 is 32.0. The number of amides is 3. The molecule has 3 N–H and O–H groups in total. The lowest BCUT2D eigenvalue weighted by molar-refractivity contribution is -0.135. The number of carbonyl (C=O) groups excluding carboxylic acids is 3. The van der Waals surface area contributed by atoms with Crippen LogP contribution in [0.15, 0.2) is 66.9 Å². The zero-order chi connectivity index (χ0) is 31.3.